The van der Waals surface area contributed by atoms with Crippen LogP contribution in [0.25, 0.3) is 0 Å². The van der Waals surface area contributed by atoms with E-state index in [1.54, 1.807) is 24.3 Å². The maximum atomic E-state index is 11.3. The fourth-order valence-corrected chi connectivity index (χ4v) is 3.01. The summed E-state index contributed by atoms with van der Waals surface area (Å²) >= 11 is 0. The number of ether oxygens (including phenoxy) is 1. The number of allylic oxidation sites excluding steroid dienone is 4. The molecule has 0 radical (unpaired) electrons. The van der Waals surface area contributed by atoms with Gasteiger partial charge in [-0.25, -0.2) is 9.36 Å². The molecule has 5 N–H and O–H groups in total. The van der Waals surface area contributed by atoms with Crippen molar-refractivity contribution in [1.29, 1.82) is 0 Å². The average Bonchev–Trinajstić information content (AvgIpc) is 2.61. The van der Waals surface area contributed by atoms with E-state index in [0.717, 1.165) is 0 Å². The van der Waals surface area contributed by atoms with Crippen molar-refractivity contribution in [1.82, 2.24) is 0 Å². The molecule has 0 saturated heterocycles. The van der Waals surface area contributed by atoms with Crippen LogP contribution in [0.3, 0.4) is 0 Å². The molecule has 0 amide bonds. The van der Waals surface area contributed by atoms with Crippen molar-refractivity contribution in [3.05, 3.63) is 60.8 Å². The largest absolute Gasteiger partial charge is 0.469 e. The molecule has 4 atom stereocenters. The van der Waals surface area contributed by atoms with Crippen LogP contribution in [-0.2, 0) is 18.6 Å². The summed E-state index contributed by atoms with van der Waals surface area (Å²) in [4.78, 5) is 29.6. The molecule has 1 rings (SSSR count). The lowest BCUT2D eigenvalue weighted by Crippen LogP contribution is -2.41. The first-order chi connectivity index (χ1) is 13.5. The summed E-state index contributed by atoms with van der Waals surface area (Å²) in [5.41, 5.74) is -1.87. The lowest BCUT2D eigenvalue weighted by Gasteiger charge is -2.31. The van der Waals surface area contributed by atoms with Crippen molar-refractivity contribution in [3.63, 3.8) is 0 Å². The number of cyclic esters (lactones) is 1. The second-order valence-corrected chi connectivity index (χ2v) is 7.66. The summed E-state index contributed by atoms with van der Waals surface area (Å²) in [7, 11) is -4.96. The fourth-order valence-electron chi connectivity index (χ4n) is 2.37. The molecule has 0 spiro atoms. The summed E-state index contributed by atoms with van der Waals surface area (Å²) in [5.74, 6) is -0.531. The Kier molecular flexibility index (Phi) is 10.4. The van der Waals surface area contributed by atoms with E-state index in [1.165, 1.54) is 43.4 Å². The number of carbonyl (C=O) groups excluding carboxylic acids is 1. The Morgan fingerprint density at radius 3 is 2.66 bits per heavy atom. The van der Waals surface area contributed by atoms with Crippen LogP contribution in [-0.4, -0.2) is 61.6 Å². The van der Waals surface area contributed by atoms with Crippen molar-refractivity contribution < 1.29 is 43.7 Å². The minimum atomic E-state index is -4.96. The van der Waals surface area contributed by atoms with Crippen molar-refractivity contribution in [2.24, 2.45) is 0 Å². The van der Waals surface area contributed by atoms with Gasteiger partial charge in [-0.1, -0.05) is 48.6 Å². The minimum Gasteiger partial charge on any atom is -0.455 e. The molecule has 1 heterocycles. The third kappa shape index (κ3) is 11.1. The lowest BCUT2D eigenvalue weighted by atomic mass is 9.93. The van der Waals surface area contributed by atoms with E-state index in [0.29, 0.717) is 6.42 Å². The molecular formula is C19H27O9P. The normalized spacial score (nSPS) is 22.6. The first kappa shape index (κ1) is 25.2. The Morgan fingerprint density at radius 2 is 2.03 bits per heavy atom. The maximum absolute atomic E-state index is 11.3. The molecule has 1 aliphatic rings. The van der Waals surface area contributed by atoms with E-state index < -0.39 is 37.7 Å². The number of aliphatic hydroxyl groups excluding tert-OH is 2. The fraction of sp³-hybridized carbons (Fsp3) is 0.421. The van der Waals surface area contributed by atoms with E-state index in [2.05, 4.69) is 4.52 Å². The second-order valence-electron chi connectivity index (χ2n) is 6.47. The molecule has 0 unspecified atom stereocenters. The van der Waals surface area contributed by atoms with Gasteiger partial charge in [-0.05, 0) is 13.0 Å². The molecule has 0 bridgehead atoms. The molecule has 0 aromatic heterocycles. The van der Waals surface area contributed by atoms with Gasteiger partial charge in [0.15, 0.2) is 0 Å². The lowest BCUT2D eigenvalue weighted by molar-refractivity contribution is -0.141. The smallest absolute Gasteiger partial charge is 0.455 e. The van der Waals surface area contributed by atoms with Gasteiger partial charge < -0.3 is 29.8 Å². The van der Waals surface area contributed by atoms with E-state index in [4.69, 9.17) is 19.6 Å². The number of esters is 1. The third-order valence-electron chi connectivity index (χ3n) is 3.82. The highest BCUT2D eigenvalue weighted by atomic mass is 31.2. The molecule has 9 nitrogen and oxygen atoms in total. The molecule has 1 aliphatic heterocycles. The maximum Gasteiger partial charge on any atom is 0.469 e. The van der Waals surface area contributed by atoms with Crippen LogP contribution in [0.5, 0.6) is 0 Å². The van der Waals surface area contributed by atoms with Gasteiger partial charge in [0.1, 0.15) is 17.8 Å². The molecule has 0 saturated carbocycles. The minimum absolute atomic E-state index is 0.100. The van der Waals surface area contributed by atoms with E-state index in [9.17, 15) is 19.6 Å². The molecule has 0 aliphatic carbocycles. The number of rotatable bonds is 11. The summed E-state index contributed by atoms with van der Waals surface area (Å²) in [6, 6.07) is 0. The van der Waals surface area contributed by atoms with Gasteiger partial charge in [0.05, 0.1) is 12.7 Å². The highest BCUT2D eigenvalue weighted by Gasteiger charge is 2.37. The zero-order chi connectivity index (χ0) is 21.9. The Balaban J connectivity index is 2.84. The van der Waals surface area contributed by atoms with Crippen LogP contribution < -0.4 is 0 Å². The van der Waals surface area contributed by atoms with Crippen LogP contribution in [0.15, 0.2) is 60.8 Å². The van der Waals surface area contributed by atoms with Crippen molar-refractivity contribution in [2.45, 2.75) is 43.7 Å². The molecule has 0 aromatic carbocycles. The molecule has 0 fully saturated rings. The summed E-state index contributed by atoms with van der Waals surface area (Å²) < 4.78 is 21.0. The van der Waals surface area contributed by atoms with Crippen LogP contribution in [0, 0.1) is 0 Å². The first-order valence-corrected chi connectivity index (χ1v) is 10.4. The Labute approximate surface area is 169 Å². The van der Waals surface area contributed by atoms with Gasteiger partial charge in [0.2, 0.25) is 0 Å². The summed E-state index contributed by atoms with van der Waals surface area (Å²) in [6.07, 6.45) is 11.5. The predicted octanol–water partition coefficient (Wildman–Crippen LogP) is 1.06. The monoisotopic (exact) mass is 430 g/mol. The average molecular weight is 430 g/mol. The number of hydrogen-bond acceptors (Lipinski definition) is 7. The topological polar surface area (TPSA) is 154 Å². The number of carbonyl (C=O) groups is 1. The Hall–Kier alpha value is -1.84. The van der Waals surface area contributed by atoms with Crippen molar-refractivity contribution in [3.8, 4) is 0 Å². The molecular weight excluding hydrogens is 403 g/mol. The highest BCUT2D eigenvalue weighted by molar-refractivity contribution is 7.46. The second kappa shape index (κ2) is 12.0. The van der Waals surface area contributed by atoms with Gasteiger partial charge in [0.25, 0.3) is 0 Å². The van der Waals surface area contributed by atoms with Crippen LogP contribution in [0.4, 0.5) is 0 Å². The Bertz CT molecular complexity index is 715. The van der Waals surface area contributed by atoms with Crippen LogP contribution >= 0.6 is 7.82 Å². The van der Waals surface area contributed by atoms with E-state index in [-0.39, 0.29) is 13.0 Å². The highest BCUT2D eigenvalue weighted by Crippen LogP contribution is 2.41. The van der Waals surface area contributed by atoms with E-state index in [1.807, 2.05) is 0 Å². The predicted molar refractivity (Wildman–Crippen MR) is 105 cm³/mol. The molecule has 0 aromatic rings. The van der Waals surface area contributed by atoms with Crippen molar-refractivity contribution in [2.75, 3.05) is 6.61 Å². The SMILES string of the molecule is C[C@@](O)(/C=C\[C@@H]1CC=CC(=O)O1)[C@@H](C[C@H](O)\C=C/C=C/C=C/CO)OP(=O)(O)O. The zero-order valence-electron chi connectivity index (χ0n) is 15.9. The molecule has 162 valence electrons. The number of phosphoric acid groups is 1. The molecule has 10 heteroatoms. The van der Waals surface area contributed by atoms with Gasteiger partial charge >= 0.3 is 13.8 Å². The van der Waals surface area contributed by atoms with Crippen molar-refractivity contribution >= 4 is 13.8 Å². The number of phosphoric ester groups is 1. The first-order valence-electron chi connectivity index (χ1n) is 8.85. The van der Waals surface area contributed by atoms with E-state index >= 15 is 0 Å². The summed E-state index contributed by atoms with van der Waals surface area (Å²) in [6.45, 7) is 1.16. The number of hydrogen-bond donors (Lipinski definition) is 5. The van der Waals surface area contributed by atoms with Crippen LogP contribution in [0.1, 0.15) is 19.8 Å². The standard InChI is InChI=1S/C19H27O9P/c1-19(23,12-11-16-9-7-10-18(22)27-16)17(28-29(24,25)26)14-15(21)8-5-3-2-4-6-13-20/h2-8,10-12,15-17,20-21,23H,9,13-14H2,1H3,(H2,24,25,26)/b3-2+,6-4+,8-5-,12-11-/t15-,16+,17-,19-/m1/s1. The van der Waals surface area contributed by atoms with Gasteiger partial charge in [-0.15, -0.1) is 0 Å². The summed E-state index contributed by atoms with van der Waals surface area (Å²) in [5, 5.41) is 29.4. The van der Waals surface area contributed by atoms with Gasteiger partial charge in [-0.2, -0.15) is 0 Å². The zero-order valence-corrected chi connectivity index (χ0v) is 16.8. The van der Waals surface area contributed by atoms with Gasteiger partial charge in [-0.3, -0.25) is 4.52 Å². The van der Waals surface area contributed by atoms with Crippen LogP contribution in [0.2, 0.25) is 0 Å². The quantitative estimate of drug-likeness (QED) is 0.140. The van der Waals surface area contributed by atoms with Gasteiger partial charge in [0, 0.05) is 18.9 Å². The number of aliphatic hydroxyl groups is 3. The molecule has 29 heavy (non-hydrogen) atoms. The third-order valence-corrected chi connectivity index (χ3v) is 4.35. The Morgan fingerprint density at radius 1 is 1.34 bits per heavy atom.